The fourth-order valence-corrected chi connectivity index (χ4v) is 4.88. The van der Waals surface area contributed by atoms with Gasteiger partial charge in [0.2, 0.25) is 10.0 Å². The van der Waals surface area contributed by atoms with Crippen LogP contribution in [0.5, 0.6) is 5.75 Å². The quantitative estimate of drug-likeness (QED) is 0.230. The van der Waals surface area contributed by atoms with Crippen molar-refractivity contribution in [3.8, 4) is 17.2 Å². The Balaban J connectivity index is 2.22. The average molecular weight is 500 g/mol. The number of hydrogen-bond acceptors (Lipinski definition) is 5. The number of nitrogens with zero attached hydrogens (tertiary/aromatic N) is 1. The van der Waals surface area contributed by atoms with Gasteiger partial charge in [-0.3, -0.25) is 0 Å². The molecular weight excluding hydrogens is 466 g/mol. The Bertz CT molecular complexity index is 1170. The van der Waals surface area contributed by atoms with Gasteiger partial charge in [-0.25, -0.2) is 8.42 Å². The zero-order valence-corrected chi connectivity index (χ0v) is 22.3. The lowest BCUT2D eigenvalue weighted by molar-refractivity contribution is 0.0841. The van der Waals surface area contributed by atoms with E-state index < -0.39 is 24.2 Å². The summed E-state index contributed by atoms with van der Waals surface area (Å²) < 4.78 is 38.7. The molecule has 1 unspecified atom stereocenters. The van der Waals surface area contributed by atoms with E-state index in [4.69, 9.17) is 9.47 Å². The summed E-state index contributed by atoms with van der Waals surface area (Å²) in [6.07, 6.45) is -1.26. The minimum atomic E-state index is -3.89. The number of rotatable bonds is 10. The van der Waals surface area contributed by atoms with Gasteiger partial charge in [-0.15, -0.1) is 5.54 Å². The van der Waals surface area contributed by atoms with Crippen molar-refractivity contribution >= 4 is 18.1 Å². The van der Waals surface area contributed by atoms with E-state index in [9.17, 15) is 13.5 Å². The number of aryl methyl sites for hydroxylation is 1. The van der Waals surface area contributed by atoms with E-state index in [2.05, 4.69) is 43.4 Å². The monoisotopic (exact) mass is 499 g/mol. The van der Waals surface area contributed by atoms with Crippen LogP contribution in [0.4, 0.5) is 0 Å². The number of benzene rings is 2. The predicted molar refractivity (Wildman–Crippen MR) is 138 cm³/mol. The first kappa shape index (κ1) is 27.5. The van der Waals surface area contributed by atoms with Crippen LogP contribution >= 0.6 is 0 Å². The van der Waals surface area contributed by atoms with Gasteiger partial charge in [0.25, 0.3) is 0 Å². The standard InChI is InChI=1S/C26H33NO5SSi/c1-7-26(32-20-22-11-13-23(31-3)14-12-22)25(28)19-27(17-8-18-34(4,5)6)33(29,30)24-15-9-21(2)10-16-24/h9-16,25,28H,1,17,19-20H2,2-6H3. The van der Waals surface area contributed by atoms with E-state index in [0.717, 1.165) is 16.9 Å². The third-order valence-corrected chi connectivity index (χ3v) is 7.54. The first-order valence-electron chi connectivity index (χ1n) is 10.9. The van der Waals surface area contributed by atoms with Crippen LogP contribution in [0.15, 0.2) is 71.5 Å². The second-order valence-electron chi connectivity index (χ2n) is 8.86. The highest BCUT2D eigenvalue weighted by atomic mass is 32.2. The highest BCUT2D eigenvalue weighted by Gasteiger charge is 2.28. The molecule has 2 aromatic rings. The molecule has 0 saturated carbocycles. The Labute approximate surface area is 204 Å². The molecule has 2 rings (SSSR count). The summed E-state index contributed by atoms with van der Waals surface area (Å²) in [5.41, 5.74) is 7.58. The third kappa shape index (κ3) is 8.21. The molecule has 0 fully saturated rings. The van der Waals surface area contributed by atoms with E-state index in [-0.39, 0.29) is 30.4 Å². The smallest absolute Gasteiger partial charge is 0.244 e. The molecule has 0 aliphatic rings. The Morgan fingerprint density at radius 3 is 2.26 bits per heavy atom. The van der Waals surface area contributed by atoms with Crippen molar-refractivity contribution < 1.29 is 23.0 Å². The van der Waals surface area contributed by atoms with Crippen LogP contribution in [0.2, 0.25) is 19.6 Å². The van der Waals surface area contributed by atoms with Crippen molar-refractivity contribution in [3.63, 3.8) is 0 Å². The van der Waals surface area contributed by atoms with Crippen molar-refractivity contribution in [1.29, 1.82) is 0 Å². The number of ether oxygens (including phenoxy) is 2. The van der Waals surface area contributed by atoms with Gasteiger partial charge in [0.1, 0.15) is 26.5 Å². The molecule has 2 aromatic carbocycles. The normalized spacial score (nSPS) is 12.3. The molecule has 182 valence electrons. The Kier molecular flexibility index (Phi) is 9.74. The molecule has 0 heterocycles. The fraction of sp³-hybridized carbons (Fsp3) is 0.346. The largest absolute Gasteiger partial charge is 0.497 e. The number of aliphatic hydroxyl groups is 1. The Hall–Kier alpha value is -2.79. The average Bonchev–Trinajstić information content (AvgIpc) is 2.78. The summed E-state index contributed by atoms with van der Waals surface area (Å²) in [7, 11) is -4.01. The zero-order chi connectivity index (χ0) is 25.4. The molecule has 0 saturated heterocycles. The molecule has 6 nitrogen and oxygen atoms in total. The lowest BCUT2D eigenvalue weighted by Crippen LogP contribution is -2.39. The molecular formula is C26H33NO5SSi. The van der Waals surface area contributed by atoms with Crippen LogP contribution in [0.3, 0.4) is 0 Å². The summed E-state index contributed by atoms with van der Waals surface area (Å²) in [5, 5.41) is 10.8. The molecule has 1 N–H and O–H groups in total. The minimum absolute atomic E-state index is 0.0412. The number of aliphatic hydroxyl groups excluding tert-OH is 1. The highest BCUT2D eigenvalue weighted by Crippen LogP contribution is 2.19. The Morgan fingerprint density at radius 2 is 1.74 bits per heavy atom. The summed E-state index contributed by atoms with van der Waals surface area (Å²) in [4.78, 5) is 0.142. The van der Waals surface area contributed by atoms with Crippen LogP contribution < -0.4 is 4.74 Å². The van der Waals surface area contributed by atoms with Crippen LogP contribution in [0.25, 0.3) is 0 Å². The molecule has 0 aliphatic heterocycles. The summed E-state index contributed by atoms with van der Waals surface area (Å²) in [6.45, 7) is 11.6. The molecule has 1 atom stereocenters. The van der Waals surface area contributed by atoms with Crippen LogP contribution in [0.1, 0.15) is 11.1 Å². The molecule has 0 radical (unpaired) electrons. The maximum atomic E-state index is 13.3. The van der Waals surface area contributed by atoms with E-state index >= 15 is 0 Å². The van der Waals surface area contributed by atoms with Gasteiger partial charge in [-0.2, -0.15) is 4.31 Å². The summed E-state index contributed by atoms with van der Waals surface area (Å²) in [5.74, 6) is 3.78. The van der Waals surface area contributed by atoms with Gasteiger partial charge < -0.3 is 14.6 Å². The first-order valence-corrected chi connectivity index (χ1v) is 15.8. The molecule has 0 aliphatic carbocycles. The van der Waals surface area contributed by atoms with E-state index in [1.165, 1.54) is 4.31 Å². The summed E-state index contributed by atoms with van der Waals surface area (Å²) >= 11 is 0. The molecule has 0 aromatic heterocycles. The highest BCUT2D eigenvalue weighted by molar-refractivity contribution is 7.89. The van der Waals surface area contributed by atoms with Crippen LogP contribution in [-0.2, 0) is 21.4 Å². The lowest BCUT2D eigenvalue weighted by atomic mass is 10.2. The van der Waals surface area contributed by atoms with Gasteiger partial charge >= 0.3 is 0 Å². The van der Waals surface area contributed by atoms with Crippen molar-refractivity contribution in [2.24, 2.45) is 0 Å². The minimum Gasteiger partial charge on any atom is -0.497 e. The zero-order valence-electron chi connectivity index (χ0n) is 20.5. The Morgan fingerprint density at radius 1 is 1.12 bits per heavy atom. The molecule has 0 spiro atoms. The van der Waals surface area contributed by atoms with Gasteiger partial charge in [0.15, 0.2) is 5.76 Å². The molecule has 0 amide bonds. The fourth-order valence-electron chi connectivity index (χ4n) is 2.92. The molecule has 8 heteroatoms. The van der Waals surface area contributed by atoms with Gasteiger partial charge in [-0.1, -0.05) is 67.7 Å². The maximum Gasteiger partial charge on any atom is 0.244 e. The topological polar surface area (TPSA) is 76.1 Å². The van der Waals surface area contributed by atoms with Crippen molar-refractivity contribution in [1.82, 2.24) is 4.31 Å². The second kappa shape index (κ2) is 12.1. The predicted octanol–water partition coefficient (Wildman–Crippen LogP) is 4.12. The lowest BCUT2D eigenvalue weighted by Gasteiger charge is -2.24. The number of sulfonamides is 1. The van der Waals surface area contributed by atoms with Gasteiger partial charge in [0, 0.05) is 6.54 Å². The SMILES string of the molecule is C=C=C(OCc1ccc(OC)cc1)C(O)CN(CC#C[Si](C)(C)C)S(=O)(=O)c1ccc(C)cc1. The van der Waals surface area contributed by atoms with Crippen molar-refractivity contribution in [3.05, 3.63) is 77.7 Å². The van der Waals surface area contributed by atoms with Crippen molar-refractivity contribution in [2.45, 2.75) is 44.2 Å². The van der Waals surface area contributed by atoms with Gasteiger partial charge in [0.05, 0.1) is 18.6 Å². The second-order valence-corrected chi connectivity index (χ2v) is 15.5. The maximum absolute atomic E-state index is 13.3. The van der Waals surface area contributed by atoms with Crippen molar-refractivity contribution in [2.75, 3.05) is 20.2 Å². The third-order valence-electron chi connectivity index (χ3n) is 4.78. The number of hydrogen-bond donors (Lipinski definition) is 1. The van der Waals surface area contributed by atoms with E-state index in [1.54, 1.807) is 43.5 Å². The molecule has 0 bridgehead atoms. The van der Waals surface area contributed by atoms with Crippen LogP contribution in [-0.4, -0.2) is 52.2 Å². The molecule has 34 heavy (non-hydrogen) atoms. The van der Waals surface area contributed by atoms with E-state index in [0.29, 0.717) is 0 Å². The summed E-state index contributed by atoms with van der Waals surface area (Å²) in [6, 6.07) is 13.9. The van der Waals surface area contributed by atoms with Crippen LogP contribution in [0, 0.1) is 18.4 Å². The van der Waals surface area contributed by atoms with Gasteiger partial charge in [-0.05, 0) is 36.8 Å². The number of methoxy groups -OCH3 is 1. The first-order chi connectivity index (χ1) is 16.0. The van der Waals surface area contributed by atoms with E-state index in [1.807, 2.05) is 19.1 Å².